The molecule has 2 aromatic carbocycles. The number of thioether (sulfide) groups is 1. The minimum Gasteiger partial charge on any atom is -0.482 e. The van der Waals surface area contributed by atoms with Crippen LogP contribution in [0.3, 0.4) is 0 Å². The molecule has 0 radical (unpaired) electrons. The first-order valence-electron chi connectivity index (χ1n) is 10.4. The van der Waals surface area contributed by atoms with Crippen LogP contribution in [0.25, 0.3) is 11.3 Å². The molecule has 0 aliphatic carbocycles. The average molecular weight is 491 g/mol. The molecule has 10 heteroatoms. The highest BCUT2D eigenvalue weighted by molar-refractivity contribution is 7.99. The number of benzene rings is 2. The second-order valence-electron chi connectivity index (χ2n) is 7.25. The van der Waals surface area contributed by atoms with Gasteiger partial charge in [-0.05, 0) is 61.4 Å². The van der Waals surface area contributed by atoms with Crippen molar-refractivity contribution in [1.82, 2.24) is 9.29 Å². The van der Waals surface area contributed by atoms with Gasteiger partial charge in [-0.25, -0.2) is 18.2 Å². The molecule has 1 N–H and O–H groups in total. The molecule has 33 heavy (non-hydrogen) atoms. The number of aryl methyl sites for hydroxylation is 1. The van der Waals surface area contributed by atoms with Gasteiger partial charge in [-0.15, -0.1) is 11.8 Å². The maximum absolute atomic E-state index is 13.2. The summed E-state index contributed by atoms with van der Waals surface area (Å²) in [5.74, 6) is 0.642. The monoisotopic (exact) mass is 490 g/mol. The van der Waals surface area contributed by atoms with Crippen molar-refractivity contribution in [3.8, 4) is 17.1 Å². The van der Waals surface area contributed by atoms with Gasteiger partial charge in [-0.2, -0.15) is 4.31 Å². The number of carboxylic acids is 1. The first-order valence-corrected chi connectivity index (χ1v) is 12.8. The number of hydrogen-bond donors (Lipinski definition) is 1. The van der Waals surface area contributed by atoms with Crippen molar-refractivity contribution in [2.45, 2.75) is 30.1 Å². The van der Waals surface area contributed by atoms with Crippen molar-refractivity contribution in [2.24, 2.45) is 0 Å². The third-order valence-corrected chi connectivity index (χ3v) is 7.68. The third kappa shape index (κ3) is 6.59. The van der Waals surface area contributed by atoms with Crippen LogP contribution in [-0.4, -0.2) is 54.2 Å². The molecule has 0 saturated heterocycles. The summed E-state index contributed by atoms with van der Waals surface area (Å²) >= 11 is 1.54. The predicted octanol–water partition coefficient (Wildman–Crippen LogP) is 4.31. The molecule has 0 aliphatic heterocycles. The van der Waals surface area contributed by atoms with Gasteiger partial charge >= 0.3 is 5.97 Å². The van der Waals surface area contributed by atoms with Crippen molar-refractivity contribution in [2.75, 3.05) is 25.4 Å². The van der Waals surface area contributed by atoms with Crippen LogP contribution in [0.2, 0.25) is 0 Å². The number of carbonyl (C=O) groups is 1. The number of oxazole rings is 1. The molecule has 0 spiro atoms. The van der Waals surface area contributed by atoms with E-state index >= 15 is 0 Å². The molecule has 1 heterocycles. The van der Waals surface area contributed by atoms with E-state index in [-0.39, 0.29) is 4.90 Å². The fourth-order valence-electron chi connectivity index (χ4n) is 3.18. The van der Waals surface area contributed by atoms with E-state index in [1.165, 1.54) is 22.5 Å². The van der Waals surface area contributed by atoms with Crippen LogP contribution in [0.5, 0.6) is 5.75 Å². The summed E-state index contributed by atoms with van der Waals surface area (Å²) in [6.45, 7) is 4.19. The maximum atomic E-state index is 13.2. The highest BCUT2D eigenvalue weighted by Crippen LogP contribution is 2.27. The third-order valence-electron chi connectivity index (χ3n) is 4.79. The standard InChI is InChI=1S/C23H26N2O6S2/c1-3-10-25(11-12-32-19-6-9-21(17(2)13-19)30-15-23(26)27)33(28,29)20-7-4-18(5-8-20)22-14-24-16-31-22/h4-9,13-14,16H,3,10-12,15H2,1-2H3,(H,26,27). The van der Waals surface area contributed by atoms with Gasteiger partial charge in [0.1, 0.15) is 5.75 Å². The Hall–Kier alpha value is -2.82. The first kappa shape index (κ1) is 24.8. The normalized spacial score (nSPS) is 11.6. The maximum Gasteiger partial charge on any atom is 0.341 e. The van der Waals surface area contributed by atoms with Gasteiger partial charge in [-0.3, -0.25) is 0 Å². The van der Waals surface area contributed by atoms with E-state index in [0.29, 0.717) is 36.8 Å². The van der Waals surface area contributed by atoms with Crippen molar-refractivity contribution < 1.29 is 27.5 Å². The Morgan fingerprint density at radius 1 is 1.18 bits per heavy atom. The highest BCUT2D eigenvalue weighted by Gasteiger charge is 2.23. The zero-order valence-electron chi connectivity index (χ0n) is 18.4. The zero-order valence-corrected chi connectivity index (χ0v) is 20.1. The number of sulfonamides is 1. The number of nitrogens with zero attached hydrogens (tertiary/aromatic N) is 2. The molecule has 0 unspecified atom stereocenters. The van der Waals surface area contributed by atoms with E-state index in [0.717, 1.165) is 16.0 Å². The molecule has 0 bridgehead atoms. The fourth-order valence-corrected chi connectivity index (χ4v) is 5.80. The molecule has 0 fully saturated rings. The molecular weight excluding hydrogens is 464 g/mol. The minimum atomic E-state index is -3.64. The van der Waals surface area contributed by atoms with Gasteiger partial charge in [0.15, 0.2) is 18.8 Å². The summed E-state index contributed by atoms with van der Waals surface area (Å²) in [5, 5.41) is 8.75. The zero-order chi connectivity index (χ0) is 23.8. The number of hydrogen-bond acceptors (Lipinski definition) is 7. The van der Waals surface area contributed by atoms with Crippen LogP contribution < -0.4 is 4.74 Å². The number of carboxylic acid groups (broad SMARTS) is 1. The quantitative estimate of drug-likeness (QED) is 0.374. The Morgan fingerprint density at radius 2 is 1.94 bits per heavy atom. The Bertz CT molecular complexity index is 1160. The number of rotatable bonds is 12. The second kappa shape index (κ2) is 11.4. The van der Waals surface area contributed by atoms with Gasteiger partial charge < -0.3 is 14.3 Å². The Labute approximate surface area is 197 Å². The Morgan fingerprint density at radius 3 is 2.55 bits per heavy atom. The lowest BCUT2D eigenvalue weighted by molar-refractivity contribution is -0.139. The lowest BCUT2D eigenvalue weighted by atomic mass is 10.2. The van der Waals surface area contributed by atoms with E-state index in [9.17, 15) is 13.2 Å². The van der Waals surface area contributed by atoms with Gasteiger partial charge in [0.25, 0.3) is 0 Å². The molecule has 8 nitrogen and oxygen atoms in total. The first-order chi connectivity index (χ1) is 15.8. The molecular formula is C23H26N2O6S2. The summed E-state index contributed by atoms with van der Waals surface area (Å²) in [6, 6.07) is 12.1. The van der Waals surface area contributed by atoms with E-state index in [2.05, 4.69) is 4.98 Å². The van der Waals surface area contributed by atoms with Crippen LogP contribution in [-0.2, 0) is 14.8 Å². The van der Waals surface area contributed by atoms with Crippen molar-refractivity contribution in [1.29, 1.82) is 0 Å². The molecule has 1 aromatic heterocycles. The van der Waals surface area contributed by atoms with E-state index in [1.54, 1.807) is 36.5 Å². The van der Waals surface area contributed by atoms with Gasteiger partial charge in [0.05, 0.1) is 11.1 Å². The highest BCUT2D eigenvalue weighted by atomic mass is 32.2. The fraction of sp³-hybridized carbons (Fsp3) is 0.304. The van der Waals surface area contributed by atoms with Crippen molar-refractivity contribution in [3.63, 3.8) is 0 Å². The lowest BCUT2D eigenvalue weighted by Gasteiger charge is -2.21. The number of aliphatic carboxylic acids is 1. The smallest absolute Gasteiger partial charge is 0.341 e. The van der Waals surface area contributed by atoms with E-state index in [1.807, 2.05) is 26.0 Å². The molecule has 0 amide bonds. The summed E-state index contributed by atoms with van der Waals surface area (Å²) in [6.07, 6.45) is 3.62. The predicted molar refractivity (Wildman–Crippen MR) is 126 cm³/mol. The summed E-state index contributed by atoms with van der Waals surface area (Å²) in [7, 11) is -3.64. The summed E-state index contributed by atoms with van der Waals surface area (Å²) < 4.78 is 38.4. The summed E-state index contributed by atoms with van der Waals surface area (Å²) in [4.78, 5) is 15.7. The van der Waals surface area contributed by atoms with Crippen molar-refractivity contribution in [3.05, 3.63) is 60.6 Å². The summed E-state index contributed by atoms with van der Waals surface area (Å²) in [5.41, 5.74) is 1.58. The van der Waals surface area contributed by atoms with Gasteiger partial charge in [-0.1, -0.05) is 6.92 Å². The second-order valence-corrected chi connectivity index (χ2v) is 10.4. The van der Waals surface area contributed by atoms with Crippen LogP contribution >= 0.6 is 11.8 Å². The molecule has 0 aliphatic rings. The molecule has 0 atom stereocenters. The van der Waals surface area contributed by atoms with Crippen molar-refractivity contribution >= 4 is 27.8 Å². The molecule has 0 saturated carbocycles. The van der Waals surface area contributed by atoms with Crippen LogP contribution in [0.1, 0.15) is 18.9 Å². The Balaban J connectivity index is 1.64. The van der Waals surface area contributed by atoms with E-state index in [4.69, 9.17) is 14.3 Å². The number of aromatic nitrogens is 1. The van der Waals surface area contributed by atoms with Crippen LogP contribution in [0.4, 0.5) is 0 Å². The van der Waals surface area contributed by atoms with E-state index < -0.39 is 22.6 Å². The SMILES string of the molecule is CCCN(CCSc1ccc(OCC(=O)O)c(C)c1)S(=O)(=O)c1ccc(-c2cnco2)cc1. The average Bonchev–Trinajstić information content (AvgIpc) is 3.33. The topological polar surface area (TPSA) is 110 Å². The van der Waals surface area contributed by atoms with Gasteiger partial charge in [0, 0.05) is 29.3 Å². The molecule has 176 valence electrons. The van der Waals surface area contributed by atoms with Crippen LogP contribution in [0, 0.1) is 6.92 Å². The van der Waals surface area contributed by atoms with Crippen LogP contribution in [0.15, 0.2) is 69.3 Å². The number of ether oxygens (including phenoxy) is 1. The molecule has 3 aromatic rings. The Kier molecular flexibility index (Phi) is 8.54. The largest absolute Gasteiger partial charge is 0.482 e. The van der Waals surface area contributed by atoms with Gasteiger partial charge in [0.2, 0.25) is 10.0 Å². The molecule has 3 rings (SSSR count). The minimum absolute atomic E-state index is 0.236. The lowest BCUT2D eigenvalue weighted by Crippen LogP contribution is -2.33.